The van der Waals surface area contributed by atoms with E-state index in [2.05, 4.69) is 0 Å². The van der Waals surface area contributed by atoms with Crippen molar-refractivity contribution in [2.24, 2.45) is 0 Å². The fourth-order valence-corrected chi connectivity index (χ4v) is 1.28. The second kappa shape index (κ2) is 5.81. The van der Waals surface area contributed by atoms with Gasteiger partial charge in [0.2, 0.25) is 0 Å². The van der Waals surface area contributed by atoms with Crippen LogP contribution in [-0.4, -0.2) is 5.11 Å². The summed E-state index contributed by atoms with van der Waals surface area (Å²) < 4.78 is 5.54. The van der Waals surface area contributed by atoms with Crippen molar-refractivity contribution in [3.63, 3.8) is 0 Å². The summed E-state index contributed by atoms with van der Waals surface area (Å²) in [5.41, 5.74) is 1.13. The topological polar surface area (TPSA) is 29.5 Å². The van der Waals surface area contributed by atoms with Gasteiger partial charge in [-0.05, 0) is 29.8 Å². The molecule has 0 unspecified atom stereocenters. The minimum Gasteiger partial charge on any atom is -0.508 e. The average Bonchev–Trinajstić information content (AvgIpc) is 2.30. The molecule has 0 radical (unpaired) electrons. The van der Waals surface area contributed by atoms with Crippen LogP contribution in [0.15, 0.2) is 54.6 Å². The summed E-state index contributed by atoms with van der Waals surface area (Å²) in [6, 6.07) is 16.7. The van der Waals surface area contributed by atoms with Crippen LogP contribution >= 0.6 is 0 Å². The monoisotopic (exact) mass is 216 g/mol. The van der Waals surface area contributed by atoms with E-state index in [1.165, 1.54) is 0 Å². The Morgan fingerprint density at radius 3 is 2.12 bits per heavy atom. The molecule has 16 heavy (non-hydrogen) atoms. The molecule has 0 aliphatic rings. The number of hydrogen-bond acceptors (Lipinski definition) is 2. The summed E-state index contributed by atoms with van der Waals surface area (Å²) in [5.74, 6) is 1.01. The predicted molar refractivity (Wildman–Crippen MR) is 65.6 cm³/mol. The number of ether oxygens (including phenoxy) is 1. The summed E-state index contributed by atoms with van der Waals surface area (Å²) in [6.45, 7) is 0.547. The summed E-state index contributed by atoms with van der Waals surface area (Å²) in [5, 5.41) is 9.09. The highest BCUT2D eigenvalue weighted by Gasteiger charge is 1.95. The van der Waals surface area contributed by atoms with E-state index >= 15 is 0 Å². The summed E-state index contributed by atoms with van der Waals surface area (Å²) in [6.07, 6.45) is 0. The Kier molecular flexibility index (Phi) is 4.40. The molecule has 2 aromatic rings. The molecule has 1 N–H and O–H groups in total. The van der Waals surface area contributed by atoms with Crippen LogP contribution < -0.4 is 4.74 Å². The Balaban J connectivity index is 0.00000128. The molecule has 2 aromatic carbocycles. The highest BCUT2D eigenvalue weighted by atomic mass is 16.5. The smallest absolute Gasteiger partial charge is 0.120 e. The lowest BCUT2D eigenvalue weighted by atomic mass is 10.2. The van der Waals surface area contributed by atoms with Crippen LogP contribution in [0.2, 0.25) is 0 Å². The van der Waals surface area contributed by atoms with Crippen molar-refractivity contribution in [1.82, 2.24) is 0 Å². The molecule has 0 atom stereocenters. The number of phenolic OH excluding ortho intramolecular Hbond substituents is 1. The van der Waals surface area contributed by atoms with Crippen molar-refractivity contribution in [1.29, 1.82) is 0 Å². The fraction of sp³-hybridized carbons (Fsp3) is 0.143. The van der Waals surface area contributed by atoms with Crippen molar-refractivity contribution in [2.45, 2.75) is 14.0 Å². The Morgan fingerprint density at radius 1 is 0.875 bits per heavy atom. The molecule has 0 amide bonds. The third kappa shape index (κ3) is 3.31. The highest BCUT2D eigenvalue weighted by Crippen LogP contribution is 2.17. The van der Waals surface area contributed by atoms with E-state index in [-0.39, 0.29) is 13.2 Å². The van der Waals surface area contributed by atoms with E-state index < -0.39 is 0 Å². The molecule has 0 heterocycles. The maximum atomic E-state index is 9.09. The largest absolute Gasteiger partial charge is 0.508 e. The first-order valence-electron chi connectivity index (χ1n) is 4.80. The molecule has 0 spiro atoms. The van der Waals surface area contributed by atoms with Crippen LogP contribution in [0.25, 0.3) is 0 Å². The number of rotatable bonds is 3. The SMILES string of the molecule is C.Oc1ccc(OCc2ccccc2)cc1. The van der Waals surface area contributed by atoms with E-state index in [1.807, 2.05) is 30.3 Å². The van der Waals surface area contributed by atoms with Crippen molar-refractivity contribution in [3.05, 3.63) is 60.2 Å². The van der Waals surface area contributed by atoms with Crippen molar-refractivity contribution >= 4 is 0 Å². The van der Waals surface area contributed by atoms with E-state index in [9.17, 15) is 0 Å². The van der Waals surface area contributed by atoms with Gasteiger partial charge in [-0.15, -0.1) is 0 Å². The highest BCUT2D eigenvalue weighted by molar-refractivity contribution is 5.30. The Morgan fingerprint density at radius 2 is 1.50 bits per heavy atom. The number of benzene rings is 2. The first-order valence-corrected chi connectivity index (χ1v) is 4.80. The van der Waals surface area contributed by atoms with Crippen LogP contribution in [-0.2, 0) is 6.61 Å². The predicted octanol–water partition coefficient (Wildman–Crippen LogP) is 3.61. The van der Waals surface area contributed by atoms with Gasteiger partial charge in [-0.25, -0.2) is 0 Å². The third-order valence-electron chi connectivity index (χ3n) is 2.09. The van der Waals surface area contributed by atoms with Crippen LogP contribution in [0.5, 0.6) is 11.5 Å². The second-order valence-corrected chi connectivity index (χ2v) is 3.27. The lowest BCUT2D eigenvalue weighted by Gasteiger charge is -2.05. The molecule has 84 valence electrons. The normalized spacial score (nSPS) is 9.25. The second-order valence-electron chi connectivity index (χ2n) is 3.27. The summed E-state index contributed by atoms with van der Waals surface area (Å²) in [4.78, 5) is 0. The van der Waals surface area contributed by atoms with Gasteiger partial charge in [0, 0.05) is 0 Å². The third-order valence-corrected chi connectivity index (χ3v) is 2.09. The van der Waals surface area contributed by atoms with Crippen LogP contribution in [0.3, 0.4) is 0 Å². The van der Waals surface area contributed by atoms with Crippen LogP contribution in [0, 0.1) is 0 Å². The Labute approximate surface area is 96.1 Å². The van der Waals surface area contributed by atoms with Gasteiger partial charge >= 0.3 is 0 Å². The van der Waals surface area contributed by atoms with E-state index in [0.717, 1.165) is 11.3 Å². The van der Waals surface area contributed by atoms with Crippen LogP contribution in [0.1, 0.15) is 13.0 Å². The van der Waals surface area contributed by atoms with E-state index in [1.54, 1.807) is 24.3 Å². The van der Waals surface area contributed by atoms with Gasteiger partial charge in [0.1, 0.15) is 18.1 Å². The maximum Gasteiger partial charge on any atom is 0.120 e. The van der Waals surface area contributed by atoms with Crippen molar-refractivity contribution in [3.8, 4) is 11.5 Å². The quantitative estimate of drug-likeness (QED) is 0.849. The minimum atomic E-state index is 0. The molecule has 0 saturated heterocycles. The molecular formula is C14H16O2. The summed E-state index contributed by atoms with van der Waals surface area (Å²) in [7, 11) is 0. The van der Waals surface area contributed by atoms with Crippen molar-refractivity contribution < 1.29 is 9.84 Å². The Bertz CT molecular complexity index is 407. The molecule has 0 bridgehead atoms. The lowest BCUT2D eigenvalue weighted by molar-refractivity contribution is 0.305. The molecular weight excluding hydrogens is 200 g/mol. The molecule has 2 rings (SSSR count). The zero-order valence-corrected chi connectivity index (χ0v) is 8.26. The summed E-state index contributed by atoms with van der Waals surface area (Å²) >= 11 is 0. The van der Waals surface area contributed by atoms with Crippen LogP contribution in [0.4, 0.5) is 0 Å². The van der Waals surface area contributed by atoms with E-state index in [0.29, 0.717) is 6.61 Å². The first-order chi connectivity index (χ1) is 7.34. The lowest BCUT2D eigenvalue weighted by Crippen LogP contribution is -1.94. The number of phenols is 1. The van der Waals surface area contributed by atoms with Gasteiger partial charge in [-0.1, -0.05) is 37.8 Å². The van der Waals surface area contributed by atoms with E-state index in [4.69, 9.17) is 9.84 Å². The molecule has 0 fully saturated rings. The zero-order chi connectivity index (χ0) is 10.5. The van der Waals surface area contributed by atoms with Gasteiger partial charge in [-0.2, -0.15) is 0 Å². The fourth-order valence-electron chi connectivity index (χ4n) is 1.28. The van der Waals surface area contributed by atoms with Crippen molar-refractivity contribution in [2.75, 3.05) is 0 Å². The number of hydrogen-bond donors (Lipinski definition) is 1. The zero-order valence-electron chi connectivity index (χ0n) is 8.26. The molecule has 0 saturated carbocycles. The average molecular weight is 216 g/mol. The molecule has 0 aliphatic carbocycles. The minimum absolute atomic E-state index is 0. The Hall–Kier alpha value is -1.96. The molecule has 0 aromatic heterocycles. The first kappa shape index (κ1) is 12.1. The number of aromatic hydroxyl groups is 1. The molecule has 2 nitrogen and oxygen atoms in total. The molecule has 2 heteroatoms. The van der Waals surface area contributed by atoms with Gasteiger partial charge in [0.05, 0.1) is 0 Å². The van der Waals surface area contributed by atoms with Gasteiger partial charge in [0.25, 0.3) is 0 Å². The maximum absolute atomic E-state index is 9.09. The van der Waals surface area contributed by atoms with Gasteiger partial charge in [-0.3, -0.25) is 0 Å². The van der Waals surface area contributed by atoms with Gasteiger partial charge in [0.15, 0.2) is 0 Å². The van der Waals surface area contributed by atoms with Gasteiger partial charge < -0.3 is 9.84 Å². The standard InChI is InChI=1S/C13H12O2.CH4/c14-12-6-8-13(9-7-12)15-10-11-4-2-1-3-5-11;/h1-9,14H,10H2;1H4. The molecule has 0 aliphatic heterocycles.